The fourth-order valence-electron chi connectivity index (χ4n) is 3.00. The summed E-state index contributed by atoms with van der Waals surface area (Å²) in [4.78, 5) is 3.94. The van der Waals surface area contributed by atoms with Crippen molar-refractivity contribution in [3.05, 3.63) is 59.2 Å². The number of para-hydroxylation sites is 2. The molecular formula is C22H32F2N2. The van der Waals surface area contributed by atoms with Crippen LogP contribution in [-0.4, -0.2) is 19.8 Å². The summed E-state index contributed by atoms with van der Waals surface area (Å²) >= 11 is 0. The van der Waals surface area contributed by atoms with Crippen molar-refractivity contribution in [1.29, 1.82) is 0 Å². The molecular weight excluding hydrogens is 330 g/mol. The minimum atomic E-state index is -0.220. The summed E-state index contributed by atoms with van der Waals surface area (Å²) in [6.07, 6.45) is 1.25. The third kappa shape index (κ3) is 5.20. The summed E-state index contributed by atoms with van der Waals surface area (Å²) in [6, 6.07) is 10.2. The monoisotopic (exact) mass is 362 g/mol. The van der Waals surface area contributed by atoms with E-state index in [1.807, 2.05) is 49.6 Å². The van der Waals surface area contributed by atoms with E-state index in [1.54, 1.807) is 12.1 Å². The van der Waals surface area contributed by atoms with Crippen molar-refractivity contribution in [3.63, 3.8) is 0 Å². The lowest BCUT2D eigenvalue weighted by atomic mass is 10.1. The SMILES string of the molecule is CC.CCC.Cc1cccc(F)c1N1CCN(c2c(C)cccc2F)C1. The van der Waals surface area contributed by atoms with Gasteiger partial charge in [0.05, 0.1) is 18.0 Å². The van der Waals surface area contributed by atoms with E-state index in [0.717, 1.165) is 11.1 Å². The van der Waals surface area contributed by atoms with Gasteiger partial charge in [0.1, 0.15) is 11.6 Å². The summed E-state index contributed by atoms with van der Waals surface area (Å²) in [5.41, 5.74) is 3.05. The molecule has 0 aliphatic carbocycles. The first kappa shape index (κ1) is 21.9. The lowest BCUT2D eigenvalue weighted by molar-refractivity contribution is 0.618. The fraction of sp³-hybridized carbons (Fsp3) is 0.455. The van der Waals surface area contributed by atoms with Gasteiger partial charge in [0.25, 0.3) is 0 Å². The second kappa shape index (κ2) is 10.8. The van der Waals surface area contributed by atoms with Gasteiger partial charge in [-0.15, -0.1) is 0 Å². The van der Waals surface area contributed by atoms with Gasteiger partial charge in [-0.25, -0.2) is 8.78 Å². The third-order valence-corrected chi connectivity index (χ3v) is 3.99. The van der Waals surface area contributed by atoms with Crippen LogP contribution < -0.4 is 9.80 Å². The molecule has 0 saturated carbocycles. The number of anilines is 2. The molecule has 0 N–H and O–H groups in total. The van der Waals surface area contributed by atoms with E-state index in [9.17, 15) is 8.78 Å². The van der Waals surface area contributed by atoms with Crippen LogP contribution in [0.1, 0.15) is 45.2 Å². The van der Waals surface area contributed by atoms with E-state index < -0.39 is 0 Å². The van der Waals surface area contributed by atoms with Crippen molar-refractivity contribution in [2.45, 2.75) is 48.0 Å². The predicted molar refractivity (Wildman–Crippen MR) is 109 cm³/mol. The van der Waals surface area contributed by atoms with E-state index in [2.05, 4.69) is 13.8 Å². The maximum Gasteiger partial charge on any atom is 0.146 e. The first-order valence-corrected chi connectivity index (χ1v) is 9.49. The van der Waals surface area contributed by atoms with Crippen molar-refractivity contribution < 1.29 is 8.78 Å². The quantitative estimate of drug-likeness (QED) is 0.618. The molecule has 0 aromatic heterocycles. The number of aryl methyl sites for hydroxylation is 2. The number of nitrogens with zero attached hydrogens (tertiary/aromatic N) is 2. The summed E-state index contributed by atoms with van der Waals surface area (Å²) in [7, 11) is 0. The lowest BCUT2D eigenvalue weighted by Crippen LogP contribution is -2.27. The second-order valence-electron chi connectivity index (χ2n) is 6.19. The molecule has 1 saturated heterocycles. The molecule has 1 heterocycles. The van der Waals surface area contributed by atoms with Crippen molar-refractivity contribution in [2.75, 3.05) is 29.6 Å². The van der Waals surface area contributed by atoms with Crippen molar-refractivity contribution in [1.82, 2.24) is 0 Å². The van der Waals surface area contributed by atoms with Crippen LogP contribution in [0.25, 0.3) is 0 Å². The maximum absolute atomic E-state index is 14.1. The highest BCUT2D eigenvalue weighted by Gasteiger charge is 2.26. The topological polar surface area (TPSA) is 6.48 Å². The molecule has 1 aliphatic heterocycles. The van der Waals surface area contributed by atoms with E-state index in [0.29, 0.717) is 31.1 Å². The van der Waals surface area contributed by atoms with Crippen LogP contribution in [0, 0.1) is 25.5 Å². The highest BCUT2D eigenvalue weighted by atomic mass is 19.1. The summed E-state index contributed by atoms with van der Waals surface area (Å²) < 4.78 is 28.1. The lowest BCUT2D eigenvalue weighted by Gasteiger charge is -2.24. The Morgan fingerprint density at radius 3 is 1.42 bits per heavy atom. The smallest absolute Gasteiger partial charge is 0.146 e. The Balaban J connectivity index is 0.000000615. The van der Waals surface area contributed by atoms with Gasteiger partial charge in [-0.2, -0.15) is 0 Å². The molecule has 3 rings (SSSR count). The Hall–Kier alpha value is -2.10. The molecule has 26 heavy (non-hydrogen) atoms. The molecule has 2 aromatic carbocycles. The van der Waals surface area contributed by atoms with Gasteiger partial charge in [-0.1, -0.05) is 58.4 Å². The average Bonchev–Trinajstić information content (AvgIpc) is 3.06. The second-order valence-corrected chi connectivity index (χ2v) is 6.19. The Bertz CT molecular complexity index is 588. The van der Waals surface area contributed by atoms with Gasteiger partial charge in [-0.3, -0.25) is 0 Å². The largest absolute Gasteiger partial charge is 0.349 e. The Morgan fingerprint density at radius 1 is 0.769 bits per heavy atom. The average molecular weight is 363 g/mol. The first-order valence-electron chi connectivity index (χ1n) is 9.49. The van der Waals surface area contributed by atoms with E-state index >= 15 is 0 Å². The fourth-order valence-corrected chi connectivity index (χ4v) is 3.00. The standard InChI is InChI=1S/C17H18F2N2.C3H8.C2H6/c1-12-5-3-7-14(18)16(12)20-9-10-21(11-20)17-13(2)6-4-8-15(17)19;1-3-2;1-2/h3-8H,9-11H2,1-2H3;3H2,1-2H3;1-2H3. The van der Waals surface area contributed by atoms with E-state index in [4.69, 9.17) is 0 Å². The Morgan fingerprint density at radius 2 is 1.12 bits per heavy atom. The molecule has 0 atom stereocenters. The first-order chi connectivity index (χ1) is 12.5. The van der Waals surface area contributed by atoms with E-state index in [-0.39, 0.29) is 11.6 Å². The number of hydrogen-bond acceptors (Lipinski definition) is 2. The van der Waals surface area contributed by atoms with Gasteiger partial charge in [-0.05, 0) is 37.1 Å². The Kier molecular flexibility index (Phi) is 9.11. The molecule has 4 heteroatoms. The van der Waals surface area contributed by atoms with Crippen LogP contribution in [0.5, 0.6) is 0 Å². The van der Waals surface area contributed by atoms with Gasteiger partial charge < -0.3 is 9.80 Å². The number of rotatable bonds is 2. The van der Waals surface area contributed by atoms with Crippen LogP contribution in [0.2, 0.25) is 0 Å². The van der Waals surface area contributed by atoms with Crippen LogP contribution in [0.4, 0.5) is 20.2 Å². The highest BCUT2D eigenvalue weighted by molar-refractivity contribution is 5.61. The molecule has 1 aliphatic rings. The van der Waals surface area contributed by atoms with Crippen molar-refractivity contribution in [2.24, 2.45) is 0 Å². The molecule has 0 radical (unpaired) electrons. The molecule has 0 unspecified atom stereocenters. The molecule has 144 valence electrons. The summed E-state index contributed by atoms with van der Waals surface area (Å²) in [5.74, 6) is -0.441. The van der Waals surface area contributed by atoms with Crippen LogP contribution in [0.15, 0.2) is 36.4 Å². The van der Waals surface area contributed by atoms with Crippen LogP contribution >= 0.6 is 0 Å². The normalized spacial score (nSPS) is 12.9. The zero-order valence-corrected chi connectivity index (χ0v) is 16.9. The Labute approximate surface area is 157 Å². The molecule has 0 amide bonds. The minimum absolute atomic E-state index is 0.220. The molecule has 1 fully saturated rings. The molecule has 2 nitrogen and oxygen atoms in total. The molecule has 2 aromatic rings. The number of hydrogen-bond donors (Lipinski definition) is 0. The van der Waals surface area contributed by atoms with Gasteiger partial charge in [0, 0.05) is 13.1 Å². The van der Waals surface area contributed by atoms with Crippen LogP contribution in [0.3, 0.4) is 0 Å². The summed E-state index contributed by atoms with van der Waals surface area (Å²) in [6.45, 7) is 13.9. The third-order valence-electron chi connectivity index (χ3n) is 3.99. The predicted octanol–water partition coefficient (Wildman–Crippen LogP) is 6.31. The van der Waals surface area contributed by atoms with Crippen LogP contribution in [-0.2, 0) is 0 Å². The van der Waals surface area contributed by atoms with Gasteiger partial charge in [0.2, 0.25) is 0 Å². The number of benzene rings is 2. The highest BCUT2D eigenvalue weighted by Crippen LogP contribution is 2.30. The summed E-state index contributed by atoms with van der Waals surface area (Å²) in [5, 5.41) is 0. The zero-order chi connectivity index (χ0) is 19.7. The molecule has 0 bridgehead atoms. The minimum Gasteiger partial charge on any atom is -0.349 e. The molecule has 0 spiro atoms. The van der Waals surface area contributed by atoms with Gasteiger partial charge >= 0.3 is 0 Å². The zero-order valence-electron chi connectivity index (χ0n) is 16.9. The van der Waals surface area contributed by atoms with Gasteiger partial charge in [0.15, 0.2) is 0 Å². The maximum atomic E-state index is 14.1. The van der Waals surface area contributed by atoms with Crippen molar-refractivity contribution in [3.8, 4) is 0 Å². The van der Waals surface area contributed by atoms with Crippen molar-refractivity contribution >= 4 is 11.4 Å². The van der Waals surface area contributed by atoms with E-state index in [1.165, 1.54) is 18.6 Å². The number of halogens is 2.